The first-order chi connectivity index (χ1) is 15.1. The molecule has 0 spiro atoms. The number of carbonyl (C=O) groups is 1. The van der Waals surface area contributed by atoms with Gasteiger partial charge in [0.25, 0.3) is 5.91 Å². The molecule has 1 fully saturated rings. The molecule has 2 aromatic rings. The minimum atomic E-state index is -3.69. The molecule has 1 aliphatic rings. The van der Waals surface area contributed by atoms with Gasteiger partial charge in [0.05, 0.1) is 16.4 Å². The van der Waals surface area contributed by atoms with Crippen LogP contribution in [0.5, 0.6) is 5.75 Å². The highest BCUT2D eigenvalue weighted by Gasteiger charge is 2.31. The third-order valence-corrected chi connectivity index (χ3v) is 8.64. The third kappa shape index (κ3) is 4.96. The van der Waals surface area contributed by atoms with Gasteiger partial charge < -0.3 is 9.64 Å². The number of sulfonamides is 2. The smallest absolute Gasteiger partial charge is 0.254 e. The second-order valence-electron chi connectivity index (χ2n) is 7.28. The minimum absolute atomic E-state index is 0.00524. The summed E-state index contributed by atoms with van der Waals surface area (Å²) < 4.78 is 59.0. The van der Waals surface area contributed by atoms with Crippen molar-refractivity contribution in [2.24, 2.45) is 0 Å². The van der Waals surface area contributed by atoms with Crippen LogP contribution in [0, 0.1) is 6.92 Å². The number of benzene rings is 2. The summed E-state index contributed by atoms with van der Waals surface area (Å²) in [6.07, 6.45) is 0. The van der Waals surface area contributed by atoms with Crippen LogP contribution in [-0.2, 0) is 20.0 Å². The van der Waals surface area contributed by atoms with E-state index >= 15 is 0 Å². The van der Waals surface area contributed by atoms with Crippen LogP contribution in [-0.4, -0.2) is 71.8 Å². The highest BCUT2D eigenvalue weighted by atomic mass is 32.2. The van der Waals surface area contributed by atoms with Crippen LogP contribution in [0.1, 0.15) is 22.8 Å². The number of piperazine rings is 1. The number of hydrogen-bond acceptors (Lipinski definition) is 6. The average Bonchev–Trinajstić information content (AvgIpc) is 2.79. The molecule has 0 bridgehead atoms. The SMILES string of the molecule is CCOc1ccc(S(=O)(=O)N2CCN(C(=O)c3cc(S(=O)(=O)NC)ccc3C)CC2)cc1. The molecule has 2 aromatic carbocycles. The summed E-state index contributed by atoms with van der Waals surface area (Å²) in [5, 5.41) is 0. The van der Waals surface area contributed by atoms with Crippen LogP contribution < -0.4 is 9.46 Å². The first-order valence-electron chi connectivity index (χ1n) is 10.2. The molecule has 174 valence electrons. The number of aryl methyl sites for hydroxylation is 1. The fourth-order valence-electron chi connectivity index (χ4n) is 3.44. The maximum Gasteiger partial charge on any atom is 0.254 e. The van der Waals surface area contributed by atoms with Crippen molar-refractivity contribution in [2.45, 2.75) is 23.6 Å². The molecule has 0 aromatic heterocycles. The molecule has 1 aliphatic heterocycles. The van der Waals surface area contributed by atoms with Crippen molar-refractivity contribution in [2.75, 3.05) is 39.8 Å². The predicted molar refractivity (Wildman–Crippen MR) is 120 cm³/mol. The van der Waals surface area contributed by atoms with E-state index in [9.17, 15) is 21.6 Å². The van der Waals surface area contributed by atoms with Crippen LogP contribution in [0.4, 0.5) is 0 Å². The van der Waals surface area contributed by atoms with E-state index in [0.29, 0.717) is 17.9 Å². The molecule has 0 atom stereocenters. The van der Waals surface area contributed by atoms with E-state index in [4.69, 9.17) is 4.74 Å². The van der Waals surface area contributed by atoms with E-state index in [-0.39, 0.29) is 47.4 Å². The molecule has 32 heavy (non-hydrogen) atoms. The van der Waals surface area contributed by atoms with E-state index in [0.717, 1.165) is 0 Å². The number of nitrogens with one attached hydrogen (secondary N) is 1. The molecule has 0 aliphatic carbocycles. The van der Waals surface area contributed by atoms with E-state index in [1.807, 2.05) is 6.92 Å². The molecule has 0 unspecified atom stereocenters. The Hall–Kier alpha value is -2.47. The lowest BCUT2D eigenvalue weighted by molar-refractivity contribution is 0.0697. The average molecular weight is 482 g/mol. The summed E-state index contributed by atoms with van der Waals surface area (Å²) in [4.78, 5) is 14.8. The standard InChI is InChI=1S/C21H27N3O6S2/c1-4-30-17-6-9-18(10-7-17)32(28,29)24-13-11-23(12-14-24)21(25)20-15-19(8-5-16(20)2)31(26,27)22-3/h5-10,15,22H,4,11-14H2,1-3H3. The molecular formula is C21H27N3O6S2. The zero-order chi connectivity index (χ0) is 23.5. The second kappa shape index (κ2) is 9.57. The molecule has 11 heteroatoms. The summed E-state index contributed by atoms with van der Waals surface area (Å²) in [7, 11) is -6.07. The lowest BCUT2D eigenvalue weighted by atomic mass is 10.1. The predicted octanol–water partition coefficient (Wildman–Crippen LogP) is 1.45. The largest absolute Gasteiger partial charge is 0.494 e. The third-order valence-electron chi connectivity index (χ3n) is 5.32. The van der Waals surface area contributed by atoms with Gasteiger partial charge in [0.2, 0.25) is 20.0 Å². The minimum Gasteiger partial charge on any atom is -0.494 e. The molecule has 3 rings (SSSR count). The van der Waals surface area contributed by atoms with Gasteiger partial charge in [-0.05, 0) is 62.9 Å². The van der Waals surface area contributed by atoms with Crippen LogP contribution in [0.2, 0.25) is 0 Å². The Morgan fingerprint density at radius 2 is 1.56 bits per heavy atom. The van der Waals surface area contributed by atoms with Crippen molar-refractivity contribution in [3.8, 4) is 5.75 Å². The molecule has 9 nitrogen and oxygen atoms in total. The maximum absolute atomic E-state index is 13.0. The lowest BCUT2D eigenvalue weighted by Crippen LogP contribution is -2.50. The Bertz CT molecular complexity index is 1190. The number of hydrogen-bond donors (Lipinski definition) is 1. The first kappa shape index (κ1) is 24.2. The summed E-state index contributed by atoms with van der Waals surface area (Å²) in [5.41, 5.74) is 0.929. The van der Waals surface area contributed by atoms with Crippen molar-refractivity contribution < 1.29 is 26.4 Å². The lowest BCUT2D eigenvalue weighted by Gasteiger charge is -2.34. The topological polar surface area (TPSA) is 113 Å². The number of ether oxygens (including phenoxy) is 1. The first-order valence-corrected chi connectivity index (χ1v) is 13.1. The summed E-state index contributed by atoms with van der Waals surface area (Å²) in [6.45, 7) is 4.78. The Balaban J connectivity index is 1.73. The molecule has 1 N–H and O–H groups in total. The summed E-state index contributed by atoms with van der Waals surface area (Å²) in [6, 6.07) is 10.6. The fraction of sp³-hybridized carbons (Fsp3) is 0.381. The molecular weight excluding hydrogens is 454 g/mol. The van der Waals surface area contributed by atoms with Gasteiger partial charge in [-0.2, -0.15) is 4.31 Å². The Morgan fingerprint density at radius 3 is 2.12 bits per heavy atom. The molecule has 0 radical (unpaired) electrons. The van der Waals surface area contributed by atoms with E-state index in [1.54, 1.807) is 30.0 Å². The van der Waals surface area contributed by atoms with Gasteiger partial charge in [0.1, 0.15) is 5.75 Å². The van der Waals surface area contributed by atoms with Crippen molar-refractivity contribution in [3.63, 3.8) is 0 Å². The Labute approximate surface area is 189 Å². The normalized spacial score (nSPS) is 15.5. The highest BCUT2D eigenvalue weighted by Crippen LogP contribution is 2.22. The van der Waals surface area contributed by atoms with E-state index in [2.05, 4.69) is 4.72 Å². The fourth-order valence-corrected chi connectivity index (χ4v) is 5.62. The van der Waals surface area contributed by atoms with Crippen LogP contribution >= 0.6 is 0 Å². The zero-order valence-electron chi connectivity index (χ0n) is 18.2. The van der Waals surface area contributed by atoms with Gasteiger partial charge in [0.15, 0.2) is 0 Å². The van der Waals surface area contributed by atoms with Crippen LogP contribution in [0.25, 0.3) is 0 Å². The second-order valence-corrected chi connectivity index (χ2v) is 11.1. The quantitative estimate of drug-likeness (QED) is 0.640. The van der Waals surface area contributed by atoms with Crippen LogP contribution in [0.3, 0.4) is 0 Å². The van der Waals surface area contributed by atoms with Gasteiger partial charge in [-0.25, -0.2) is 21.6 Å². The number of nitrogens with zero attached hydrogens (tertiary/aromatic N) is 2. The maximum atomic E-state index is 13.0. The number of carbonyl (C=O) groups excluding carboxylic acids is 1. The Kier molecular flexibility index (Phi) is 7.23. The van der Waals surface area contributed by atoms with Gasteiger partial charge in [0, 0.05) is 31.7 Å². The van der Waals surface area contributed by atoms with Crippen LogP contribution in [0.15, 0.2) is 52.3 Å². The summed E-state index contributed by atoms with van der Waals surface area (Å²) in [5.74, 6) is 0.272. The highest BCUT2D eigenvalue weighted by molar-refractivity contribution is 7.89. The van der Waals surface area contributed by atoms with E-state index < -0.39 is 20.0 Å². The van der Waals surface area contributed by atoms with Crippen molar-refractivity contribution >= 4 is 26.0 Å². The van der Waals surface area contributed by atoms with Gasteiger partial charge in [-0.15, -0.1) is 0 Å². The van der Waals surface area contributed by atoms with Gasteiger partial charge in [-0.1, -0.05) is 6.07 Å². The van der Waals surface area contributed by atoms with Crippen molar-refractivity contribution in [1.82, 2.24) is 13.9 Å². The molecule has 1 amide bonds. The van der Waals surface area contributed by atoms with Gasteiger partial charge >= 0.3 is 0 Å². The number of rotatable bonds is 7. The zero-order valence-corrected chi connectivity index (χ0v) is 19.9. The molecule has 1 heterocycles. The van der Waals surface area contributed by atoms with E-state index in [1.165, 1.54) is 35.6 Å². The van der Waals surface area contributed by atoms with Crippen molar-refractivity contribution in [1.29, 1.82) is 0 Å². The molecule has 0 saturated carbocycles. The van der Waals surface area contributed by atoms with Crippen molar-refractivity contribution in [3.05, 3.63) is 53.6 Å². The van der Waals surface area contributed by atoms with Gasteiger partial charge in [-0.3, -0.25) is 4.79 Å². The number of amides is 1. The molecule has 1 saturated heterocycles. The monoisotopic (exact) mass is 481 g/mol. The summed E-state index contributed by atoms with van der Waals surface area (Å²) >= 11 is 0. The Morgan fingerprint density at radius 1 is 0.969 bits per heavy atom.